The van der Waals surface area contributed by atoms with Crippen LogP contribution in [0.5, 0.6) is 0 Å². The Hall–Kier alpha value is -0.760. The van der Waals surface area contributed by atoms with Crippen LogP contribution in [-0.4, -0.2) is 16.3 Å². The van der Waals surface area contributed by atoms with E-state index in [1.165, 1.54) is 11.4 Å². The van der Waals surface area contributed by atoms with Crippen molar-refractivity contribution in [2.75, 3.05) is 6.61 Å². The van der Waals surface area contributed by atoms with Crippen molar-refractivity contribution >= 4 is 0 Å². The van der Waals surface area contributed by atoms with E-state index in [0.717, 1.165) is 13.0 Å². The van der Waals surface area contributed by atoms with E-state index in [0.29, 0.717) is 12.5 Å². The Morgan fingerprint density at radius 2 is 1.85 bits per heavy atom. The maximum absolute atomic E-state index is 8.79. The lowest BCUT2D eigenvalue weighted by Crippen LogP contribution is -2.11. The third kappa shape index (κ3) is 2.59. The van der Waals surface area contributed by atoms with Crippen LogP contribution in [0, 0.1) is 19.8 Å². The van der Waals surface area contributed by atoms with Crippen molar-refractivity contribution in [2.45, 2.75) is 33.7 Å². The van der Waals surface area contributed by atoms with Crippen molar-refractivity contribution in [3.63, 3.8) is 0 Å². The molecule has 1 N–H and O–H groups in total. The summed E-state index contributed by atoms with van der Waals surface area (Å²) in [5.74, 6) is 0.551. The molecule has 0 bridgehead atoms. The van der Waals surface area contributed by atoms with Crippen LogP contribution in [0.3, 0.4) is 0 Å². The molecular formula is C11H19NO. The molecule has 0 amide bonds. The summed E-state index contributed by atoms with van der Waals surface area (Å²) in [6.07, 6.45) is 0.886. The van der Waals surface area contributed by atoms with Gasteiger partial charge in [-0.05, 0) is 38.3 Å². The van der Waals surface area contributed by atoms with Gasteiger partial charge in [0.25, 0.3) is 0 Å². The first-order valence-corrected chi connectivity index (χ1v) is 4.88. The molecule has 0 saturated heterocycles. The van der Waals surface area contributed by atoms with Crippen LogP contribution in [0.1, 0.15) is 24.7 Å². The fourth-order valence-corrected chi connectivity index (χ4v) is 1.61. The molecule has 0 aliphatic carbocycles. The Balaban J connectivity index is 2.62. The number of hydrogen-bond donors (Lipinski definition) is 1. The highest BCUT2D eigenvalue weighted by atomic mass is 16.3. The number of aliphatic hydroxyl groups is 1. The summed E-state index contributed by atoms with van der Waals surface area (Å²) in [5.41, 5.74) is 2.62. The monoisotopic (exact) mass is 181 g/mol. The molecule has 1 heterocycles. The maximum atomic E-state index is 8.79. The quantitative estimate of drug-likeness (QED) is 0.756. The predicted molar refractivity (Wildman–Crippen MR) is 54.8 cm³/mol. The van der Waals surface area contributed by atoms with Crippen LogP contribution in [-0.2, 0) is 6.54 Å². The van der Waals surface area contributed by atoms with E-state index in [1.54, 1.807) is 0 Å². The van der Waals surface area contributed by atoms with Crippen LogP contribution in [0.25, 0.3) is 0 Å². The molecule has 2 nitrogen and oxygen atoms in total. The van der Waals surface area contributed by atoms with Crippen LogP contribution in [0.15, 0.2) is 12.1 Å². The molecule has 13 heavy (non-hydrogen) atoms. The third-order valence-electron chi connectivity index (χ3n) is 2.53. The van der Waals surface area contributed by atoms with Gasteiger partial charge < -0.3 is 9.67 Å². The van der Waals surface area contributed by atoms with Crippen LogP contribution in [0.2, 0.25) is 0 Å². The molecule has 74 valence electrons. The summed E-state index contributed by atoms with van der Waals surface area (Å²) < 4.78 is 2.31. The molecular weight excluding hydrogens is 162 g/mol. The highest BCUT2D eigenvalue weighted by Crippen LogP contribution is 2.12. The zero-order valence-corrected chi connectivity index (χ0v) is 8.75. The highest BCUT2D eigenvalue weighted by molar-refractivity contribution is 5.13. The highest BCUT2D eigenvalue weighted by Gasteiger charge is 2.05. The zero-order chi connectivity index (χ0) is 9.84. The maximum Gasteiger partial charge on any atom is 0.0434 e. The van der Waals surface area contributed by atoms with E-state index in [9.17, 15) is 0 Å². The van der Waals surface area contributed by atoms with Gasteiger partial charge in [-0.1, -0.05) is 6.92 Å². The van der Waals surface area contributed by atoms with Crippen molar-refractivity contribution < 1.29 is 5.11 Å². The fourth-order valence-electron chi connectivity index (χ4n) is 1.61. The molecule has 0 aliphatic rings. The summed E-state index contributed by atoms with van der Waals surface area (Å²) in [7, 11) is 0. The Kier molecular flexibility index (Phi) is 3.55. The van der Waals surface area contributed by atoms with Gasteiger partial charge >= 0.3 is 0 Å². The number of rotatable bonds is 4. The van der Waals surface area contributed by atoms with E-state index in [-0.39, 0.29) is 0 Å². The van der Waals surface area contributed by atoms with Gasteiger partial charge in [0.05, 0.1) is 0 Å². The van der Waals surface area contributed by atoms with Gasteiger partial charge in [0, 0.05) is 24.5 Å². The van der Waals surface area contributed by atoms with Gasteiger partial charge in [-0.3, -0.25) is 0 Å². The molecule has 1 aromatic rings. The van der Waals surface area contributed by atoms with Crippen molar-refractivity contribution in [1.29, 1.82) is 0 Å². The summed E-state index contributed by atoms with van der Waals surface area (Å²) in [4.78, 5) is 0. The third-order valence-corrected chi connectivity index (χ3v) is 2.53. The second-order valence-corrected chi connectivity index (χ2v) is 3.84. The Labute approximate surface area is 80.2 Å². The minimum atomic E-state index is 0.292. The molecule has 1 rings (SSSR count). The van der Waals surface area contributed by atoms with Gasteiger partial charge in [-0.2, -0.15) is 0 Å². The summed E-state index contributed by atoms with van der Waals surface area (Å²) in [5, 5.41) is 8.79. The number of nitrogens with zero attached hydrogens (tertiary/aromatic N) is 1. The largest absolute Gasteiger partial charge is 0.396 e. The summed E-state index contributed by atoms with van der Waals surface area (Å²) >= 11 is 0. The standard InChI is InChI=1S/C11H19NO/c1-9(6-7-13)8-12-10(2)4-5-11(12)3/h4-5,9,13H,6-8H2,1-3H3. The van der Waals surface area contributed by atoms with E-state index in [2.05, 4.69) is 37.5 Å². The number of hydrogen-bond acceptors (Lipinski definition) is 1. The summed E-state index contributed by atoms with van der Waals surface area (Å²) in [6, 6.07) is 4.28. The van der Waals surface area contributed by atoms with Crippen molar-refractivity contribution in [1.82, 2.24) is 4.57 Å². The van der Waals surface area contributed by atoms with Crippen LogP contribution >= 0.6 is 0 Å². The molecule has 0 fully saturated rings. The molecule has 0 saturated carbocycles. The predicted octanol–water partition coefficient (Wildman–Crippen LogP) is 2.12. The van der Waals surface area contributed by atoms with Crippen molar-refractivity contribution in [3.05, 3.63) is 23.5 Å². The van der Waals surface area contributed by atoms with Crippen molar-refractivity contribution in [3.8, 4) is 0 Å². The topological polar surface area (TPSA) is 25.2 Å². The zero-order valence-electron chi connectivity index (χ0n) is 8.75. The van der Waals surface area contributed by atoms with Crippen molar-refractivity contribution in [2.24, 2.45) is 5.92 Å². The second kappa shape index (κ2) is 4.47. The first-order valence-electron chi connectivity index (χ1n) is 4.88. The number of aliphatic hydroxyl groups excluding tert-OH is 1. The molecule has 1 unspecified atom stereocenters. The van der Waals surface area contributed by atoms with Gasteiger partial charge in [0.2, 0.25) is 0 Å². The smallest absolute Gasteiger partial charge is 0.0434 e. The molecule has 1 atom stereocenters. The number of aromatic nitrogens is 1. The van der Waals surface area contributed by atoms with Crippen LogP contribution in [0.4, 0.5) is 0 Å². The average molecular weight is 181 g/mol. The van der Waals surface area contributed by atoms with E-state index >= 15 is 0 Å². The summed E-state index contributed by atoms with van der Waals surface area (Å²) in [6.45, 7) is 7.73. The lowest BCUT2D eigenvalue weighted by atomic mass is 10.1. The first-order chi connectivity index (χ1) is 6.15. The van der Waals surface area contributed by atoms with Gasteiger partial charge in [-0.15, -0.1) is 0 Å². The van der Waals surface area contributed by atoms with E-state index in [4.69, 9.17) is 5.11 Å². The fraction of sp³-hybridized carbons (Fsp3) is 0.636. The van der Waals surface area contributed by atoms with Gasteiger partial charge in [0.1, 0.15) is 0 Å². The lowest BCUT2D eigenvalue weighted by Gasteiger charge is -2.14. The normalized spacial score (nSPS) is 13.2. The Morgan fingerprint density at radius 3 is 2.31 bits per heavy atom. The SMILES string of the molecule is Cc1ccc(C)n1CC(C)CCO. The second-order valence-electron chi connectivity index (χ2n) is 3.84. The minimum Gasteiger partial charge on any atom is -0.396 e. The molecule has 0 aliphatic heterocycles. The molecule has 0 radical (unpaired) electrons. The first kappa shape index (κ1) is 10.3. The Bertz CT molecular complexity index is 246. The van der Waals surface area contributed by atoms with Crippen LogP contribution < -0.4 is 0 Å². The molecule has 0 aromatic carbocycles. The molecule has 1 aromatic heterocycles. The van der Waals surface area contributed by atoms with E-state index in [1.807, 2.05) is 0 Å². The van der Waals surface area contributed by atoms with Gasteiger partial charge in [0.15, 0.2) is 0 Å². The Morgan fingerprint density at radius 1 is 1.31 bits per heavy atom. The molecule has 0 spiro atoms. The molecule has 2 heteroatoms. The lowest BCUT2D eigenvalue weighted by molar-refractivity contribution is 0.253. The average Bonchev–Trinajstić information content (AvgIpc) is 2.36. The van der Waals surface area contributed by atoms with E-state index < -0.39 is 0 Å². The van der Waals surface area contributed by atoms with Gasteiger partial charge in [-0.25, -0.2) is 0 Å². The number of aryl methyl sites for hydroxylation is 2. The minimum absolute atomic E-state index is 0.292.